The Morgan fingerprint density at radius 3 is 3.00 bits per heavy atom. The van der Waals surface area contributed by atoms with Crippen LogP contribution in [-0.4, -0.2) is 23.9 Å². The molecule has 0 aromatic carbocycles. The first-order valence-corrected chi connectivity index (χ1v) is 4.15. The zero-order valence-electron chi connectivity index (χ0n) is 6.99. The van der Waals surface area contributed by atoms with Gasteiger partial charge >= 0.3 is 0 Å². The molecule has 0 aromatic rings. The van der Waals surface area contributed by atoms with Crippen molar-refractivity contribution in [3.63, 3.8) is 0 Å². The summed E-state index contributed by atoms with van der Waals surface area (Å²) in [6, 6.07) is 0. The Bertz CT molecular complexity index is 134. The fourth-order valence-electron chi connectivity index (χ4n) is 1.70. The topological polar surface area (TPSA) is 29.5 Å². The van der Waals surface area contributed by atoms with Crippen molar-refractivity contribution < 1.29 is 9.84 Å². The van der Waals surface area contributed by atoms with E-state index in [2.05, 4.69) is 6.58 Å². The van der Waals surface area contributed by atoms with Crippen molar-refractivity contribution in [1.82, 2.24) is 0 Å². The number of hydrogen-bond acceptors (Lipinski definition) is 2. The van der Waals surface area contributed by atoms with Crippen LogP contribution in [0.25, 0.3) is 0 Å². The van der Waals surface area contributed by atoms with E-state index in [0.717, 1.165) is 12.8 Å². The molecule has 0 unspecified atom stereocenters. The van der Waals surface area contributed by atoms with Crippen molar-refractivity contribution >= 4 is 0 Å². The van der Waals surface area contributed by atoms with Crippen LogP contribution in [0, 0.1) is 5.92 Å². The lowest BCUT2D eigenvalue weighted by molar-refractivity contribution is 0.00702. The quantitative estimate of drug-likeness (QED) is 0.625. The second-order valence-electron chi connectivity index (χ2n) is 3.19. The van der Waals surface area contributed by atoms with Crippen LogP contribution in [0.4, 0.5) is 0 Å². The molecule has 1 saturated heterocycles. The van der Waals surface area contributed by atoms with E-state index < -0.39 is 0 Å². The molecule has 0 spiro atoms. The predicted octanol–water partition coefficient (Wildman–Crippen LogP) is 1.35. The van der Waals surface area contributed by atoms with Crippen molar-refractivity contribution in [3.05, 3.63) is 12.7 Å². The van der Waals surface area contributed by atoms with Crippen molar-refractivity contribution in [2.75, 3.05) is 6.61 Å². The first kappa shape index (κ1) is 8.75. The number of allylic oxidation sites excluding steroid dienone is 1. The summed E-state index contributed by atoms with van der Waals surface area (Å²) in [5, 5.41) is 8.92. The summed E-state index contributed by atoms with van der Waals surface area (Å²) in [6.07, 6.45) is 4.25. The summed E-state index contributed by atoms with van der Waals surface area (Å²) in [4.78, 5) is 0. The number of rotatable bonds is 3. The highest BCUT2D eigenvalue weighted by atomic mass is 16.5. The zero-order chi connectivity index (χ0) is 8.27. The monoisotopic (exact) mass is 156 g/mol. The minimum absolute atomic E-state index is 0.0444. The molecule has 3 atom stereocenters. The lowest BCUT2D eigenvalue weighted by atomic mass is 9.96. The maximum atomic E-state index is 8.92. The van der Waals surface area contributed by atoms with Crippen LogP contribution in [0.2, 0.25) is 0 Å². The van der Waals surface area contributed by atoms with Gasteiger partial charge in [-0.25, -0.2) is 0 Å². The molecule has 0 aromatic heterocycles. The number of aliphatic hydroxyl groups is 1. The van der Waals surface area contributed by atoms with Crippen molar-refractivity contribution in [1.29, 1.82) is 0 Å². The van der Waals surface area contributed by atoms with Gasteiger partial charge in [-0.3, -0.25) is 0 Å². The Morgan fingerprint density at radius 1 is 1.73 bits per heavy atom. The van der Waals surface area contributed by atoms with Gasteiger partial charge in [0.1, 0.15) is 0 Å². The molecule has 1 aliphatic heterocycles. The van der Waals surface area contributed by atoms with E-state index in [9.17, 15) is 0 Å². The van der Waals surface area contributed by atoms with E-state index in [4.69, 9.17) is 9.84 Å². The Kier molecular flexibility index (Phi) is 3.09. The number of ether oxygens (including phenoxy) is 1. The lowest BCUT2D eigenvalue weighted by Gasteiger charge is -2.13. The molecule has 0 aliphatic carbocycles. The van der Waals surface area contributed by atoms with Gasteiger partial charge in [0.15, 0.2) is 0 Å². The zero-order valence-corrected chi connectivity index (χ0v) is 6.99. The Balaban J connectivity index is 2.43. The molecular weight excluding hydrogens is 140 g/mol. The average Bonchev–Trinajstić information content (AvgIpc) is 2.32. The van der Waals surface area contributed by atoms with Gasteiger partial charge < -0.3 is 9.84 Å². The highest BCUT2D eigenvalue weighted by molar-refractivity contribution is 4.85. The number of hydrogen-bond donors (Lipinski definition) is 1. The number of aliphatic hydroxyl groups excluding tert-OH is 1. The van der Waals surface area contributed by atoms with Gasteiger partial charge in [-0.15, -0.1) is 6.58 Å². The standard InChI is InChI=1S/C9H16O2/c1-3-4-8-5-7(2)11-9(8)6-10/h3,7-10H,1,4-6H2,2H3/t7-,8+,9+/m0/s1. The van der Waals surface area contributed by atoms with E-state index in [-0.39, 0.29) is 12.7 Å². The second kappa shape index (κ2) is 3.88. The maximum Gasteiger partial charge on any atom is 0.0841 e. The van der Waals surface area contributed by atoms with E-state index in [0.29, 0.717) is 12.0 Å². The third-order valence-electron chi connectivity index (χ3n) is 2.22. The van der Waals surface area contributed by atoms with Gasteiger partial charge in [-0.2, -0.15) is 0 Å². The van der Waals surface area contributed by atoms with Gasteiger partial charge in [-0.05, 0) is 25.7 Å². The minimum atomic E-state index is 0.0444. The third-order valence-corrected chi connectivity index (χ3v) is 2.22. The fraction of sp³-hybridized carbons (Fsp3) is 0.778. The molecule has 2 heteroatoms. The van der Waals surface area contributed by atoms with Gasteiger partial charge in [0.05, 0.1) is 18.8 Å². The van der Waals surface area contributed by atoms with E-state index in [1.54, 1.807) is 0 Å². The summed E-state index contributed by atoms with van der Waals surface area (Å²) in [5.41, 5.74) is 0. The summed E-state index contributed by atoms with van der Waals surface area (Å²) in [5.74, 6) is 0.479. The molecule has 1 N–H and O–H groups in total. The van der Waals surface area contributed by atoms with E-state index in [1.165, 1.54) is 0 Å². The highest BCUT2D eigenvalue weighted by Gasteiger charge is 2.30. The molecular formula is C9H16O2. The van der Waals surface area contributed by atoms with Crippen LogP contribution in [0.15, 0.2) is 12.7 Å². The van der Waals surface area contributed by atoms with E-state index >= 15 is 0 Å². The smallest absolute Gasteiger partial charge is 0.0841 e. The molecule has 11 heavy (non-hydrogen) atoms. The van der Waals surface area contributed by atoms with Crippen molar-refractivity contribution in [2.45, 2.75) is 32.0 Å². The molecule has 0 saturated carbocycles. The Morgan fingerprint density at radius 2 is 2.45 bits per heavy atom. The molecule has 1 fully saturated rings. The van der Waals surface area contributed by atoms with Gasteiger partial charge in [0.25, 0.3) is 0 Å². The molecule has 1 aliphatic rings. The largest absolute Gasteiger partial charge is 0.394 e. The van der Waals surface area contributed by atoms with Crippen LogP contribution < -0.4 is 0 Å². The van der Waals surface area contributed by atoms with Crippen LogP contribution in [-0.2, 0) is 4.74 Å². The first-order chi connectivity index (χ1) is 5.27. The third kappa shape index (κ3) is 2.04. The Hall–Kier alpha value is -0.340. The molecule has 1 heterocycles. The van der Waals surface area contributed by atoms with Crippen molar-refractivity contribution in [2.24, 2.45) is 5.92 Å². The average molecular weight is 156 g/mol. The molecule has 64 valence electrons. The normalized spacial score (nSPS) is 37.5. The fourth-order valence-corrected chi connectivity index (χ4v) is 1.70. The molecule has 0 radical (unpaired) electrons. The Labute approximate surface area is 67.9 Å². The van der Waals surface area contributed by atoms with Gasteiger partial charge in [0.2, 0.25) is 0 Å². The lowest BCUT2D eigenvalue weighted by Crippen LogP contribution is -2.19. The molecule has 1 rings (SSSR count). The maximum absolute atomic E-state index is 8.92. The molecule has 0 bridgehead atoms. The van der Waals surface area contributed by atoms with E-state index in [1.807, 2.05) is 13.0 Å². The van der Waals surface area contributed by atoms with Crippen LogP contribution in [0.5, 0.6) is 0 Å². The van der Waals surface area contributed by atoms with Crippen LogP contribution >= 0.6 is 0 Å². The summed E-state index contributed by atoms with van der Waals surface area (Å²) < 4.78 is 5.48. The molecule has 0 amide bonds. The highest BCUT2D eigenvalue weighted by Crippen LogP contribution is 2.28. The summed E-state index contributed by atoms with van der Waals surface area (Å²) in [6.45, 7) is 5.87. The van der Waals surface area contributed by atoms with Crippen LogP contribution in [0.1, 0.15) is 19.8 Å². The summed E-state index contributed by atoms with van der Waals surface area (Å²) >= 11 is 0. The first-order valence-electron chi connectivity index (χ1n) is 4.15. The summed E-state index contributed by atoms with van der Waals surface area (Å²) in [7, 11) is 0. The van der Waals surface area contributed by atoms with Crippen LogP contribution in [0.3, 0.4) is 0 Å². The van der Waals surface area contributed by atoms with Crippen molar-refractivity contribution in [3.8, 4) is 0 Å². The minimum Gasteiger partial charge on any atom is -0.394 e. The molecule has 2 nitrogen and oxygen atoms in total. The van der Waals surface area contributed by atoms with Gasteiger partial charge in [-0.1, -0.05) is 6.08 Å². The SMILES string of the molecule is C=CC[C@@H]1C[C@H](C)O[C@@H]1CO. The van der Waals surface area contributed by atoms with Gasteiger partial charge in [0, 0.05) is 0 Å². The predicted molar refractivity (Wildman–Crippen MR) is 44.3 cm³/mol. The second-order valence-corrected chi connectivity index (χ2v) is 3.19.